The Kier molecular flexibility index (Phi) is 5.94. The summed E-state index contributed by atoms with van der Waals surface area (Å²) in [5, 5.41) is 9.68. The number of hydrogen-bond acceptors (Lipinski definition) is 6. The van der Waals surface area contributed by atoms with Crippen molar-refractivity contribution in [1.29, 1.82) is 0 Å². The quantitative estimate of drug-likeness (QED) is 0.350. The molecule has 0 fully saturated rings. The highest BCUT2D eigenvalue weighted by molar-refractivity contribution is 6.38. The third kappa shape index (κ3) is 4.47. The predicted molar refractivity (Wildman–Crippen MR) is 112 cm³/mol. The number of oxazole rings is 1. The Morgan fingerprint density at radius 3 is 2.55 bits per heavy atom. The van der Waals surface area contributed by atoms with E-state index < -0.39 is 41.7 Å². The normalized spacial score (nSPS) is 12.1. The van der Waals surface area contributed by atoms with Crippen molar-refractivity contribution in [3.05, 3.63) is 71.9 Å². The second-order valence-electron chi connectivity index (χ2n) is 7.11. The van der Waals surface area contributed by atoms with Gasteiger partial charge in [-0.2, -0.15) is 13.9 Å². The van der Waals surface area contributed by atoms with Gasteiger partial charge in [0.15, 0.2) is 0 Å². The van der Waals surface area contributed by atoms with Crippen molar-refractivity contribution in [2.45, 2.75) is 18.9 Å². The molecule has 33 heavy (non-hydrogen) atoms. The van der Waals surface area contributed by atoms with Crippen LogP contribution in [0.15, 0.2) is 59.1 Å². The molecule has 0 saturated heterocycles. The first kappa shape index (κ1) is 21.8. The molecule has 0 radical (unpaired) electrons. The van der Waals surface area contributed by atoms with Crippen LogP contribution in [-0.2, 0) is 16.0 Å². The van der Waals surface area contributed by atoms with Gasteiger partial charge in [0.1, 0.15) is 11.7 Å². The lowest BCUT2D eigenvalue weighted by Gasteiger charge is -2.16. The number of hydrogen-bond donors (Lipinski definition) is 3. The van der Waals surface area contributed by atoms with Crippen molar-refractivity contribution in [2.24, 2.45) is 5.73 Å². The Labute approximate surface area is 185 Å². The largest absolute Gasteiger partial charge is 0.429 e. The maximum absolute atomic E-state index is 13.4. The number of halogens is 2. The first-order chi connectivity index (χ1) is 15.8. The van der Waals surface area contributed by atoms with E-state index in [4.69, 9.17) is 10.2 Å². The number of para-hydroxylation sites is 1. The minimum Gasteiger partial charge on any atom is -0.429 e. The van der Waals surface area contributed by atoms with Crippen LogP contribution in [0.2, 0.25) is 0 Å². The molecular weight excluding hydrogens is 436 g/mol. The maximum atomic E-state index is 13.4. The van der Waals surface area contributed by atoms with E-state index in [2.05, 4.69) is 20.5 Å². The average molecular weight is 453 g/mol. The number of ketones is 1. The van der Waals surface area contributed by atoms with Gasteiger partial charge in [0.2, 0.25) is 11.5 Å². The number of nitrogens with one attached hydrogen (secondary N) is 2. The van der Waals surface area contributed by atoms with Gasteiger partial charge in [0, 0.05) is 17.4 Å². The molecule has 0 aliphatic carbocycles. The van der Waals surface area contributed by atoms with Gasteiger partial charge in [-0.05, 0) is 5.56 Å². The van der Waals surface area contributed by atoms with E-state index in [9.17, 15) is 23.2 Å². The number of nitrogens with zero attached hydrogens (tertiary/aromatic N) is 2. The van der Waals surface area contributed by atoms with Crippen LogP contribution < -0.4 is 11.1 Å². The standard InChI is InChI=1S/C22H17F2N5O4/c23-19(24)22-28-16(13-8-4-7-12-10-26-29-15(12)13)18(33-22)21(32)27-14(17(30)20(25)31)9-11-5-2-1-3-6-11/h1-8,10,14,19H,9H2,(H2,25,31)(H,26,29)(H,27,32). The molecule has 0 bridgehead atoms. The number of benzene rings is 2. The molecule has 2 aromatic carbocycles. The van der Waals surface area contributed by atoms with E-state index in [1.54, 1.807) is 48.5 Å². The molecule has 1 atom stereocenters. The second-order valence-corrected chi connectivity index (χ2v) is 7.11. The number of aromatic amines is 1. The first-order valence-electron chi connectivity index (χ1n) is 9.75. The summed E-state index contributed by atoms with van der Waals surface area (Å²) in [6.45, 7) is 0. The Balaban J connectivity index is 1.72. The van der Waals surface area contributed by atoms with Crippen LogP contribution in [0.3, 0.4) is 0 Å². The van der Waals surface area contributed by atoms with E-state index >= 15 is 0 Å². The number of Topliss-reactive ketones (excluding diaryl/α,β-unsaturated/α-hetero) is 1. The number of carbonyl (C=O) groups excluding carboxylic acids is 3. The SMILES string of the molecule is NC(=O)C(=O)C(Cc1ccccc1)NC(=O)c1oc(C(F)F)nc1-c1cccc2cn[nH]c12. The monoisotopic (exact) mass is 453 g/mol. The van der Waals surface area contributed by atoms with Crippen molar-refractivity contribution in [1.82, 2.24) is 20.5 Å². The third-order valence-electron chi connectivity index (χ3n) is 4.92. The number of carbonyl (C=O) groups is 3. The predicted octanol–water partition coefficient (Wildman–Crippen LogP) is 2.55. The molecule has 2 aromatic heterocycles. The topological polar surface area (TPSA) is 144 Å². The zero-order valence-electron chi connectivity index (χ0n) is 16.9. The van der Waals surface area contributed by atoms with Crippen LogP contribution in [0.1, 0.15) is 28.4 Å². The van der Waals surface area contributed by atoms with E-state index in [-0.39, 0.29) is 12.1 Å². The van der Waals surface area contributed by atoms with Gasteiger partial charge in [0.05, 0.1) is 11.7 Å². The summed E-state index contributed by atoms with van der Waals surface area (Å²) in [7, 11) is 0. The van der Waals surface area contributed by atoms with E-state index in [0.717, 1.165) is 0 Å². The summed E-state index contributed by atoms with van der Waals surface area (Å²) in [5.74, 6) is -4.80. The highest BCUT2D eigenvalue weighted by Gasteiger charge is 2.31. The number of rotatable bonds is 8. The molecular formula is C22H17F2N5O4. The van der Waals surface area contributed by atoms with Crippen molar-refractivity contribution in [3.8, 4) is 11.3 Å². The lowest BCUT2D eigenvalue weighted by molar-refractivity contribution is -0.137. The summed E-state index contributed by atoms with van der Waals surface area (Å²) in [4.78, 5) is 40.7. The number of fused-ring (bicyclic) bond motifs is 1. The lowest BCUT2D eigenvalue weighted by atomic mass is 10.0. The van der Waals surface area contributed by atoms with Gasteiger partial charge in [-0.3, -0.25) is 19.5 Å². The Morgan fingerprint density at radius 2 is 1.85 bits per heavy atom. The van der Waals surface area contributed by atoms with Gasteiger partial charge in [0.25, 0.3) is 17.7 Å². The third-order valence-corrected chi connectivity index (χ3v) is 4.92. The van der Waals surface area contributed by atoms with Gasteiger partial charge >= 0.3 is 6.43 Å². The molecule has 0 aliphatic heterocycles. The van der Waals surface area contributed by atoms with Crippen LogP contribution in [0, 0.1) is 0 Å². The number of amides is 2. The molecule has 2 heterocycles. The molecule has 0 spiro atoms. The Bertz CT molecular complexity index is 1330. The maximum Gasteiger partial charge on any atom is 0.313 e. The lowest BCUT2D eigenvalue weighted by Crippen LogP contribution is -2.47. The average Bonchev–Trinajstić information content (AvgIpc) is 3.46. The number of nitrogens with two attached hydrogens (primary N) is 1. The Hall–Kier alpha value is -4.41. The highest BCUT2D eigenvalue weighted by Crippen LogP contribution is 2.32. The molecule has 168 valence electrons. The van der Waals surface area contributed by atoms with E-state index in [1.165, 1.54) is 6.20 Å². The van der Waals surface area contributed by atoms with Gasteiger partial charge in [-0.25, -0.2) is 4.98 Å². The molecule has 1 unspecified atom stereocenters. The van der Waals surface area contributed by atoms with Gasteiger partial charge < -0.3 is 15.5 Å². The Morgan fingerprint density at radius 1 is 1.09 bits per heavy atom. The van der Waals surface area contributed by atoms with Crippen LogP contribution in [-0.4, -0.2) is 38.8 Å². The molecule has 9 nitrogen and oxygen atoms in total. The zero-order chi connectivity index (χ0) is 23.5. The van der Waals surface area contributed by atoms with E-state index in [0.29, 0.717) is 22.0 Å². The summed E-state index contributed by atoms with van der Waals surface area (Å²) in [5.41, 5.74) is 6.37. The molecule has 0 saturated carbocycles. The molecule has 4 aromatic rings. The van der Waals surface area contributed by atoms with Crippen molar-refractivity contribution < 1.29 is 27.6 Å². The number of aromatic nitrogens is 3. The molecule has 4 rings (SSSR count). The van der Waals surface area contributed by atoms with E-state index in [1.807, 2.05) is 0 Å². The number of H-pyrrole nitrogens is 1. The summed E-state index contributed by atoms with van der Waals surface area (Å²) < 4.78 is 31.8. The van der Waals surface area contributed by atoms with Crippen LogP contribution in [0.4, 0.5) is 8.78 Å². The van der Waals surface area contributed by atoms with Crippen molar-refractivity contribution in [2.75, 3.05) is 0 Å². The highest BCUT2D eigenvalue weighted by atomic mass is 19.3. The molecule has 0 aliphatic rings. The minimum atomic E-state index is -3.08. The fourth-order valence-electron chi connectivity index (χ4n) is 3.39. The first-order valence-corrected chi connectivity index (χ1v) is 9.75. The number of alkyl halides is 2. The van der Waals surface area contributed by atoms with Crippen LogP contribution >= 0.6 is 0 Å². The fourth-order valence-corrected chi connectivity index (χ4v) is 3.39. The van der Waals surface area contributed by atoms with Gasteiger partial charge in [-0.1, -0.05) is 48.5 Å². The number of primary amides is 1. The molecule has 4 N–H and O–H groups in total. The molecule has 2 amide bonds. The van der Waals surface area contributed by atoms with Crippen molar-refractivity contribution in [3.63, 3.8) is 0 Å². The minimum absolute atomic E-state index is 0.0460. The molecule has 11 heteroatoms. The summed E-state index contributed by atoms with van der Waals surface area (Å²) in [6.07, 6.45) is -1.61. The summed E-state index contributed by atoms with van der Waals surface area (Å²) >= 11 is 0. The second kappa shape index (κ2) is 8.99. The fraction of sp³-hybridized carbons (Fsp3) is 0.136. The van der Waals surface area contributed by atoms with Crippen molar-refractivity contribution >= 4 is 28.5 Å². The van der Waals surface area contributed by atoms with Crippen LogP contribution in [0.5, 0.6) is 0 Å². The summed E-state index contributed by atoms with van der Waals surface area (Å²) in [6, 6.07) is 12.2. The van der Waals surface area contributed by atoms with Gasteiger partial charge in [-0.15, -0.1) is 0 Å². The zero-order valence-corrected chi connectivity index (χ0v) is 16.9. The smallest absolute Gasteiger partial charge is 0.313 e. The van der Waals surface area contributed by atoms with Crippen LogP contribution in [0.25, 0.3) is 22.2 Å².